The van der Waals surface area contributed by atoms with Gasteiger partial charge < -0.3 is 9.64 Å². The number of carbonyl (C=O) groups excluding carboxylic acids is 1. The molecule has 0 aliphatic carbocycles. The van der Waals surface area contributed by atoms with E-state index < -0.39 is 5.92 Å². The van der Waals surface area contributed by atoms with Gasteiger partial charge in [-0.25, -0.2) is 0 Å². The monoisotopic (exact) mass is 260 g/mol. The molecule has 0 fully saturated rings. The average molecular weight is 260 g/mol. The van der Waals surface area contributed by atoms with Crippen molar-refractivity contribution in [1.29, 1.82) is 5.26 Å². The second-order valence-electron chi connectivity index (χ2n) is 4.60. The molecule has 0 saturated carbocycles. The first-order chi connectivity index (χ1) is 8.96. The molecule has 0 spiro atoms. The standard InChI is InChI=1S/C15H20N2O2/c1-6-12(9-16)15(18)17(4)13-7-10(2)14(19-5)11(3)8-13/h7-8,12H,6H2,1-5H3. The Balaban J connectivity index is 3.11. The molecular weight excluding hydrogens is 240 g/mol. The maximum Gasteiger partial charge on any atom is 0.244 e. The zero-order valence-corrected chi connectivity index (χ0v) is 12.2. The van der Waals surface area contributed by atoms with E-state index >= 15 is 0 Å². The Morgan fingerprint density at radius 2 is 1.95 bits per heavy atom. The molecule has 0 saturated heterocycles. The smallest absolute Gasteiger partial charge is 0.244 e. The van der Waals surface area contributed by atoms with Crippen LogP contribution in [0.4, 0.5) is 5.69 Å². The molecule has 1 amide bonds. The summed E-state index contributed by atoms with van der Waals surface area (Å²) in [5.41, 5.74) is 2.74. The maximum absolute atomic E-state index is 12.2. The zero-order valence-electron chi connectivity index (χ0n) is 12.2. The maximum atomic E-state index is 12.2. The third kappa shape index (κ3) is 3.05. The first-order valence-electron chi connectivity index (χ1n) is 6.28. The molecular formula is C15H20N2O2. The first-order valence-corrected chi connectivity index (χ1v) is 6.28. The Morgan fingerprint density at radius 1 is 1.42 bits per heavy atom. The lowest BCUT2D eigenvalue weighted by atomic mass is 10.1. The quantitative estimate of drug-likeness (QED) is 0.836. The summed E-state index contributed by atoms with van der Waals surface area (Å²) in [6.07, 6.45) is 0.522. The van der Waals surface area contributed by atoms with Gasteiger partial charge in [-0.1, -0.05) is 6.92 Å². The fourth-order valence-corrected chi connectivity index (χ4v) is 2.13. The highest BCUT2D eigenvalue weighted by atomic mass is 16.5. The summed E-state index contributed by atoms with van der Waals surface area (Å²) in [6.45, 7) is 5.72. The summed E-state index contributed by atoms with van der Waals surface area (Å²) in [4.78, 5) is 13.7. The molecule has 0 radical (unpaired) electrons. The van der Waals surface area contributed by atoms with Crippen LogP contribution in [0.3, 0.4) is 0 Å². The van der Waals surface area contributed by atoms with E-state index in [1.165, 1.54) is 4.90 Å². The van der Waals surface area contributed by atoms with Crippen LogP contribution in [0.15, 0.2) is 12.1 Å². The SMILES string of the molecule is CCC(C#N)C(=O)N(C)c1cc(C)c(OC)c(C)c1. The van der Waals surface area contributed by atoms with Crippen LogP contribution in [0.5, 0.6) is 5.75 Å². The molecule has 1 aromatic rings. The lowest BCUT2D eigenvalue weighted by Gasteiger charge is -2.21. The number of methoxy groups -OCH3 is 1. The molecule has 0 aromatic heterocycles. The number of rotatable bonds is 4. The molecule has 1 unspecified atom stereocenters. The number of nitriles is 1. The number of amides is 1. The Morgan fingerprint density at radius 3 is 2.32 bits per heavy atom. The van der Waals surface area contributed by atoms with Crippen molar-refractivity contribution in [3.8, 4) is 11.8 Å². The van der Waals surface area contributed by atoms with Crippen LogP contribution in [-0.2, 0) is 4.79 Å². The number of ether oxygens (including phenoxy) is 1. The number of anilines is 1. The molecule has 0 heterocycles. The minimum absolute atomic E-state index is 0.172. The highest BCUT2D eigenvalue weighted by Crippen LogP contribution is 2.29. The van der Waals surface area contributed by atoms with Crippen LogP contribution in [0.25, 0.3) is 0 Å². The second-order valence-corrected chi connectivity index (χ2v) is 4.60. The van der Waals surface area contributed by atoms with E-state index in [0.717, 1.165) is 22.6 Å². The van der Waals surface area contributed by atoms with Crippen molar-refractivity contribution in [2.24, 2.45) is 5.92 Å². The summed E-state index contributed by atoms with van der Waals surface area (Å²) in [7, 11) is 3.33. The van der Waals surface area contributed by atoms with Crippen LogP contribution >= 0.6 is 0 Å². The number of benzene rings is 1. The number of aryl methyl sites for hydroxylation is 2. The second kappa shape index (κ2) is 6.24. The van der Waals surface area contributed by atoms with E-state index in [4.69, 9.17) is 10.00 Å². The van der Waals surface area contributed by atoms with Gasteiger partial charge in [0.2, 0.25) is 5.91 Å². The predicted molar refractivity (Wildman–Crippen MR) is 75.3 cm³/mol. The van der Waals surface area contributed by atoms with Crippen LogP contribution < -0.4 is 9.64 Å². The minimum atomic E-state index is -0.590. The van der Waals surface area contributed by atoms with E-state index in [2.05, 4.69) is 0 Å². The highest BCUT2D eigenvalue weighted by Gasteiger charge is 2.21. The van der Waals surface area contributed by atoms with E-state index in [0.29, 0.717) is 6.42 Å². The zero-order chi connectivity index (χ0) is 14.6. The molecule has 1 rings (SSSR count). The van der Waals surface area contributed by atoms with Gasteiger partial charge in [-0.3, -0.25) is 4.79 Å². The molecule has 0 aliphatic rings. The number of hydrogen-bond donors (Lipinski definition) is 0. The lowest BCUT2D eigenvalue weighted by Crippen LogP contribution is -2.32. The Labute approximate surface area is 114 Å². The number of carbonyl (C=O) groups is 1. The van der Waals surface area contributed by atoms with E-state index in [1.54, 1.807) is 14.2 Å². The van der Waals surface area contributed by atoms with Crippen LogP contribution in [0.2, 0.25) is 0 Å². The summed E-state index contributed by atoms with van der Waals surface area (Å²) < 4.78 is 5.30. The van der Waals surface area contributed by atoms with E-state index in [1.807, 2.05) is 39.0 Å². The normalized spacial score (nSPS) is 11.6. The third-order valence-electron chi connectivity index (χ3n) is 3.23. The van der Waals surface area contributed by atoms with Gasteiger partial charge in [-0.15, -0.1) is 0 Å². The Bertz CT molecular complexity index is 494. The summed E-state index contributed by atoms with van der Waals surface area (Å²) in [5, 5.41) is 8.97. The Kier molecular flexibility index (Phi) is 4.94. The molecule has 4 heteroatoms. The summed E-state index contributed by atoms with van der Waals surface area (Å²) in [6, 6.07) is 5.83. The largest absolute Gasteiger partial charge is 0.496 e. The van der Waals surface area contributed by atoms with Crippen molar-refractivity contribution < 1.29 is 9.53 Å². The van der Waals surface area contributed by atoms with Crippen LogP contribution in [0.1, 0.15) is 24.5 Å². The Hall–Kier alpha value is -2.02. The number of nitrogens with zero attached hydrogens (tertiary/aromatic N) is 2. The van der Waals surface area contributed by atoms with Crippen molar-refractivity contribution in [3.05, 3.63) is 23.3 Å². The highest BCUT2D eigenvalue weighted by molar-refractivity contribution is 5.96. The van der Waals surface area contributed by atoms with Gasteiger partial charge in [-0.05, 0) is 43.5 Å². The topological polar surface area (TPSA) is 53.3 Å². The fraction of sp³-hybridized carbons (Fsp3) is 0.467. The first kappa shape index (κ1) is 15.0. The number of hydrogen-bond acceptors (Lipinski definition) is 3. The minimum Gasteiger partial charge on any atom is -0.496 e. The van der Waals surface area contributed by atoms with Crippen molar-refractivity contribution in [1.82, 2.24) is 0 Å². The van der Waals surface area contributed by atoms with Gasteiger partial charge in [-0.2, -0.15) is 5.26 Å². The fourth-order valence-electron chi connectivity index (χ4n) is 2.13. The van der Waals surface area contributed by atoms with Crippen LogP contribution in [0, 0.1) is 31.1 Å². The van der Waals surface area contributed by atoms with E-state index in [9.17, 15) is 4.79 Å². The lowest BCUT2D eigenvalue weighted by molar-refractivity contribution is -0.120. The predicted octanol–water partition coefficient (Wildman–Crippen LogP) is 2.82. The van der Waals surface area contributed by atoms with Crippen LogP contribution in [-0.4, -0.2) is 20.1 Å². The third-order valence-corrected chi connectivity index (χ3v) is 3.23. The summed E-state index contributed by atoms with van der Waals surface area (Å²) >= 11 is 0. The van der Waals surface area contributed by atoms with Crippen molar-refractivity contribution in [3.63, 3.8) is 0 Å². The van der Waals surface area contributed by atoms with Crippen molar-refractivity contribution in [2.45, 2.75) is 27.2 Å². The van der Waals surface area contributed by atoms with Crippen molar-refractivity contribution in [2.75, 3.05) is 19.1 Å². The molecule has 19 heavy (non-hydrogen) atoms. The summed E-state index contributed by atoms with van der Waals surface area (Å²) in [5.74, 6) is 0.0682. The molecule has 0 N–H and O–H groups in total. The van der Waals surface area contributed by atoms with Gasteiger partial charge in [0.25, 0.3) is 0 Å². The van der Waals surface area contributed by atoms with E-state index in [-0.39, 0.29) is 5.91 Å². The average Bonchev–Trinajstić information content (AvgIpc) is 2.38. The van der Waals surface area contributed by atoms with Gasteiger partial charge >= 0.3 is 0 Å². The van der Waals surface area contributed by atoms with Gasteiger partial charge in [0.15, 0.2) is 0 Å². The van der Waals surface area contributed by atoms with Gasteiger partial charge in [0, 0.05) is 12.7 Å². The van der Waals surface area contributed by atoms with Crippen molar-refractivity contribution >= 4 is 11.6 Å². The molecule has 4 nitrogen and oxygen atoms in total. The molecule has 0 bridgehead atoms. The molecule has 102 valence electrons. The molecule has 1 aromatic carbocycles. The molecule has 0 aliphatic heterocycles. The van der Waals surface area contributed by atoms with Gasteiger partial charge in [0.05, 0.1) is 13.2 Å². The molecule has 1 atom stereocenters. The van der Waals surface area contributed by atoms with Gasteiger partial charge in [0.1, 0.15) is 11.7 Å².